The predicted molar refractivity (Wildman–Crippen MR) is 113 cm³/mol. The molecule has 1 heterocycles. The van der Waals surface area contributed by atoms with Crippen LogP contribution in [0.15, 0.2) is 0 Å². The quantitative estimate of drug-likeness (QED) is 0.123. The Hall–Kier alpha value is 0.220. The first kappa shape index (κ1) is 27.3. The fourth-order valence-corrected chi connectivity index (χ4v) is 8.18. The van der Waals surface area contributed by atoms with Crippen molar-refractivity contribution in [2.45, 2.75) is 85.5 Å². The average molecular weight is 458 g/mol. The van der Waals surface area contributed by atoms with Crippen molar-refractivity contribution in [3.8, 4) is 0 Å². The van der Waals surface area contributed by atoms with Gasteiger partial charge in [0.2, 0.25) is 0 Å². The van der Waals surface area contributed by atoms with E-state index in [1.165, 1.54) is 0 Å². The fourth-order valence-electron chi connectivity index (χ4n) is 2.82. The molecule has 1 unspecified atom stereocenters. The molecule has 0 amide bonds. The largest absolute Gasteiger partial charge is 0.402 e. The van der Waals surface area contributed by atoms with Gasteiger partial charge < -0.3 is 9.05 Å². The lowest BCUT2D eigenvalue weighted by atomic mass is 9.97. The van der Waals surface area contributed by atoms with E-state index in [9.17, 15) is 9.13 Å². The smallest absolute Gasteiger partial charge is 0.307 e. The van der Waals surface area contributed by atoms with Gasteiger partial charge in [0.15, 0.2) is 4.90 Å². The Morgan fingerprint density at radius 2 is 1.48 bits per heavy atom. The van der Waals surface area contributed by atoms with Crippen LogP contribution >= 0.6 is 15.2 Å². The van der Waals surface area contributed by atoms with Crippen LogP contribution < -0.4 is 0 Å². The minimum absolute atomic E-state index is 0.0137. The maximum atomic E-state index is 13.9. The summed E-state index contributed by atoms with van der Waals surface area (Å²) in [7, 11) is -8.08. The summed E-state index contributed by atoms with van der Waals surface area (Å²) in [4.78, 5) is 8.82. The molecule has 174 valence electrons. The van der Waals surface area contributed by atoms with Gasteiger partial charge in [0.05, 0.1) is 26.4 Å². The van der Waals surface area contributed by atoms with Crippen LogP contribution in [0.2, 0.25) is 0 Å². The Morgan fingerprint density at radius 3 is 1.86 bits per heavy atom. The van der Waals surface area contributed by atoms with E-state index in [0.29, 0.717) is 0 Å². The molecule has 10 heteroatoms. The van der Waals surface area contributed by atoms with Crippen molar-refractivity contribution >= 4 is 15.2 Å². The van der Waals surface area contributed by atoms with Gasteiger partial charge in [-0.3, -0.25) is 9.13 Å². The molecule has 0 radical (unpaired) electrons. The average Bonchev–Trinajstić information content (AvgIpc) is 2.64. The molecule has 0 aromatic carbocycles. The summed E-state index contributed by atoms with van der Waals surface area (Å²) < 4.78 is 49.9. The Labute approximate surface area is 176 Å². The zero-order chi connectivity index (χ0) is 22.2. The van der Waals surface area contributed by atoms with Gasteiger partial charge in [-0.2, -0.15) is 0 Å². The molecule has 1 aliphatic heterocycles. The van der Waals surface area contributed by atoms with Gasteiger partial charge in [-0.15, -0.1) is 9.35 Å². The highest BCUT2D eigenvalue weighted by molar-refractivity contribution is 7.74. The van der Waals surface area contributed by atoms with Crippen LogP contribution in [-0.4, -0.2) is 31.3 Å². The summed E-state index contributed by atoms with van der Waals surface area (Å²) in [6.45, 7) is 14.2. The van der Waals surface area contributed by atoms with E-state index < -0.39 is 20.1 Å². The summed E-state index contributed by atoms with van der Waals surface area (Å²) in [5.41, 5.74) is -0.298. The molecular formula is C19H40O8P2. The Balaban J connectivity index is 3.20. The number of hydrogen-bond donors (Lipinski definition) is 0. The molecule has 0 N–H and O–H groups in total. The fraction of sp³-hybridized carbons (Fsp3) is 1.00. The van der Waals surface area contributed by atoms with Crippen LogP contribution in [-0.2, 0) is 37.3 Å². The number of unbranched alkanes of at least 4 members (excludes halogenated alkanes) is 2. The standard InChI is InChI=1S/C19H40O8P2/c1-8-10-12-22-26-29(21,27-23-13-11-9-2)19(7,14-17(3)4)28(20)24-15-18(5,6)16-25-28/h17H,8-16H2,1-7H3. The van der Waals surface area contributed by atoms with E-state index in [4.69, 9.17) is 28.2 Å². The van der Waals surface area contributed by atoms with Gasteiger partial charge in [-0.1, -0.05) is 54.4 Å². The van der Waals surface area contributed by atoms with Crippen molar-refractivity contribution < 1.29 is 37.3 Å². The molecular weight excluding hydrogens is 418 g/mol. The van der Waals surface area contributed by atoms with Crippen molar-refractivity contribution in [1.29, 1.82) is 0 Å². The lowest BCUT2D eigenvalue weighted by molar-refractivity contribution is -0.269. The summed E-state index contributed by atoms with van der Waals surface area (Å²) in [6, 6.07) is 0. The maximum Gasteiger partial charge on any atom is 0.402 e. The molecule has 1 rings (SSSR count). The van der Waals surface area contributed by atoms with Gasteiger partial charge in [0.1, 0.15) is 0 Å². The minimum atomic E-state index is -4.21. The molecule has 0 aromatic heterocycles. The molecule has 1 fully saturated rings. The van der Waals surface area contributed by atoms with Gasteiger partial charge in [0.25, 0.3) is 0 Å². The second-order valence-corrected chi connectivity index (χ2v) is 14.2. The first-order chi connectivity index (χ1) is 13.5. The third-order valence-electron chi connectivity index (χ3n) is 4.69. The van der Waals surface area contributed by atoms with E-state index in [1.807, 2.05) is 41.5 Å². The molecule has 8 nitrogen and oxygen atoms in total. The number of rotatable bonds is 14. The maximum absolute atomic E-state index is 13.9. The third kappa shape index (κ3) is 7.40. The highest BCUT2D eigenvalue weighted by Gasteiger charge is 2.65. The van der Waals surface area contributed by atoms with E-state index in [1.54, 1.807) is 6.92 Å². The van der Waals surface area contributed by atoms with E-state index in [2.05, 4.69) is 0 Å². The van der Waals surface area contributed by atoms with Crippen LogP contribution in [0, 0.1) is 11.3 Å². The highest BCUT2D eigenvalue weighted by Crippen LogP contribution is 2.80. The van der Waals surface area contributed by atoms with Gasteiger partial charge in [-0.05, 0) is 32.1 Å². The lowest BCUT2D eigenvalue weighted by Gasteiger charge is -2.44. The summed E-state index contributed by atoms with van der Waals surface area (Å²) in [5, 5.41) is 0. The van der Waals surface area contributed by atoms with Crippen molar-refractivity contribution in [2.75, 3.05) is 26.4 Å². The van der Waals surface area contributed by atoms with Crippen molar-refractivity contribution in [2.24, 2.45) is 11.3 Å². The van der Waals surface area contributed by atoms with E-state index in [0.717, 1.165) is 25.7 Å². The second-order valence-electron chi connectivity index (χ2n) is 9.02. The summed E-state index contributed by atoms with van der Waals surface area (Å²) >= 11 is 0. The van der Waals surface area contributed by atoms with Crippen LogP contribution in [0.1, 0.15) is 80.6 Å². The van der Waals surface area contributed by atoms with E-state index in [-0.39, 0.29) is 44.2 Å². The summed E-state index contributed by atoms with van der Waals surface area (Å²) in [5.74, 6) is 0.0137. The molecule has 0 bridgehead atoms. The molecule has 1 atom stereocenters. The zero-order valence-corrected chi connectivity index (χ0v) is 20.9. The van der Waals surface area contributed by atoms with Crippen molar-refractivity contribution in [1.82, 2.24) is 0 Å². The van der Waals surface area contributed by atoms with Crippen LogP contribution in [0.5, 0.6) is 0 Å². The molecule has 0 spiro atoms. The Kier molecular flexibility index (Phi) is 11.0. The third-order valence-corrected chi connectivity index (χ3v) is 10.4. The Bertz CT molecular complexity index is 551. The monoisotopic (exact) mass is 458 g/mol. The molecule has 1 saturated heterocycles. The SMILES string of the molecule is CCCCOOP(=O)(OOCCCC)C(C)(CC(C)C)P1(=O)OCC(C)(C)CO1. The van der Waals surface area contributed by atoms with Gasteiger partial charge >= 0.3 is 15.2 Å². The normalized spacial score (nSPS) is 21.2. The van der Waals surface area contributed by atoms with Crippen LogP contribution in [0.25, 0.3) is 0 Å². The first-order valence-electron chi connectivity index (χ1n) is 10.6. The van der Waals surface area contributed by atoms with Crippen LogP contribution in [0.4, 0.5) is 0 Å². The predicted octanol–water partition coefficient (Wildman–Crippen LogP) is 6.70. The first-order valence-corrected chi connectivity index (χ1v) is 13.7. The molecule has 0 aromatic rings. The molecule has 0 saturated carbocycles. The highest BCUT2D eigenvalue weighted by atomic mass is 31.2. The molecule has 1 aliphatic rings. The Morgan fingerprint density at radius 1 is 1.03 bits per heavy atom. The minimum Gasteiger partial charge on any atom is -0.307 e. The van der Waals surface area contributed by atoms with E-state index >= 15 is 0 Å². The summed E-state index contributed by atoms with van der Waals surface area (Å²) in [6.07, 6.45) is 3.41. The van der Waals surface area contributed by atoms with Crippen molar-refractivity contribution in [3.63, 3.8) is 0 Å². The molecule has 29 heavy (non-hydrogen) atoms. The van der Waals surface area contributed by atoms with Crippen molar-refractivity contribution in [3.05, 3.63) is 0 Å². The topological polar surface area (TPSA) is 89.5 Å². The zero-order valence-electron chi connectivity index (χ0n) is 19.1. The van der Waals surface area contributed by atoms with Gasteiger partial charge in [0, 0.05) is 5.41 Å². The van der Waals surface area contributed by atoms with Gasteiger partial charge in [-0.25, -0.2) is 9.78 Å². The second kappa shape index (κ2) is 11.7. The molecule has 0 aliphatic carbocycles. The number of hydrogen-bond acceptors (Lipinski definition) is 8. The lowest BCUT2D eigenvalue weighted by Crippen LogP contribution is -2.38. The van der Waals surface area contributed by atoms with Crippen LogP contribution in [0.3, 0.4) is 0 Å².